The van der Waals surface area contributed by atoms with Crippen LogP contribution in [0.3, 0.4) is 0 Å². The van der Waals surface area contributed by atoms with Crippen LogP contribution >= 0.6 is 11.8 Å². The Morgan fingerprint density at radius 1 is 1.04 bits per heavy atom. The summed E-state index contributed by atoms with van der Waals surface area (Å²) in [6.45, 7) is 0. The summed E-state index contributed by atoms with van der Waals surface area (Å²) in [7, 11) is 0. The number of rotatable bonds is 6. The number of nitrogens with one attached hydrogen (secondary N) is 1. The number of benzene rings is 3. The Labute approximate surface area is 153 Å². The summed E-state index contributed by atoms with van der Waals surface area (Å²) in [6, 6.07) is 20.1. The van der Waals surface area contributed by atoms with Gasteiger partial charge in [0, 0.05) is 16.5 Å². The van der Waals surface area contributed by atoms with Crippen molar-refractivity contribution in [1.82, 2.24) is 0 Å². The van der Waals surface area contributed by atoms with Crippen molar-refractivity contribution in [3.63, 3.8) is 0 Å². The van der Waals surface area contributed by atoms with Gasteiger partial charge in [-0.25, -0.2) is 4.39 Å². The van der Waals surface area contributed by atoms with Gasteiger partial charge in [0.1, 0.15) is 5.82 Å². The highest BCUT2D eigenvalue weighted by atomic mass is 32.2. The van der Waals surface area contributed by atoms with E-state index < -0.39 is 4.92 Å². The predicted molar refractivity (Wildman–Crippen MR) is 101 cm³/mol. The van der Waals surface area contributed by atoms with Gasteiger partial charge in [-0.05, 0) is 42.5 Å². The minimum Gasteiger partial charge on any atom is -0.279 e. The van der Waals surface area contributed by atoms with Crippen LogP contribution in [-0.2, 0) is 0 Å². The van der Waals surface area contributed by atoms with Crippen LogP contribution in [0.2, 0.25) is 0 Å². The zero-order valence-electron chi connectivity index (χ0n) is 13.5. The third-order valence-corrected chi connectivity index (χ3v) is 4.48. The lowest BCUT2D eigenvalue weighted by atomic mass is 10.2. The van der Waals surface area contributed by atoms with Gasteiger partial charge in [0.2, 0.25) is 0 Å². The van der Waals surface area contributed by atoms with Crippen LogP contribution in [0.4, 0.5) is 15.8 Å². The molecule has 3 aromatic carbocycles. The van der Waals surface area contributed by atoms with E-state index in [-0.39, 0.29) is 11.5 Å². The maximum absolute atomic E-state index is 13.0. The molecule has 0 fully saturated rings. The summed E-state index contributed by atoms with van der Waals surface area (Å²) in [5.74, 6) is -0.346. The lowest BCUT2D eigenvalue weighted by Crippen LogP contribution is -1.95. The van der Waals surface area contributed by atoms with Crippen LogP contribution in [0.1, 0.15) is 5.56 Å². The van der Waals surface area contributed by atoms with Crippen LogP contribution in [0.15, 0.2) is 87.7 Å². The molecular formula is C19H14FN3O2S. The Morgan fingerprint density at radius 3 is 2.46 bits per heavy atom. The number of nitrogens with zero attached hydrogens (tertiary/aromatic N) is 2. The van der Waals surface area contributed by atoms with Gasteiger partial charge >= 0.3 is 0 Å². The van der Waals surface area contributed by atoms with E-state index in [2.05, 4.69) is 10.5 Å². The number of hydrogen-bond donors (Lipinski definition) is 1. The van der Waals surface area contributed by atoms with Crippen molar-refractivity contribution in [1.29, 1.82) is 0 Å². The Bertz CT molecular complexity index is 931. The molecule has 1 N–H and O–H groups in total. The minimum atomic E-state index is -0.437. The number of halogens is 1. The van der Waals surface area contributed by atoms with Gasteiger partial charge in [-0.15, -0.1) is 0 Å². The van der Waals surface area contributed by atoms with Gasteiger partial charge < -0.3 is 0 Å². The van der Waals surface area contributed by atoms with E-state index in [0.29, 0.717) is 10.5 Å². The van der Waals surface area contributed by atoms with Crippen molar-refractivity contribution in [2.75, 3.05) is 5.43 Å². The van der Waals surface area contributed by atoms with E-state index in [1.165, 1.54) is 36.2 Å². The number of para-hydroxylation sites is 1. The van der Waals surface area contributed by atoms with Gasteiger partial charge in [0.15, 0.2) is 0 Å². The number of hydrazone groups is 1. The zero-order chi connectivity index (χ0) is 18.4. The van der Waals surface area contributed by atoms with Crippen molar-refractivity contribution in [2.24, 2.45) is 5.10 Å². The van der Waals surface area contributed by atoms with E-state index in [0.717, 1.165) is 10.6 Å². The first-order valence-corrected chi connectivity index (χ1v) is 8.49. The molecule has 3 rings (SSSR count). The Balaban J connectivity index is 1.78. The van der Waals surface area contributed by atoms with Gasteiger partial charge in [0.05, 0.1) is 21.7 Å². The smallest absolute Gasteiger partial charge is 0.279 e. The number of hydrogen-bond acceptors (Lipinski definition) is 5. The highest BCUT2D eigenvalue weighted by Gasteiger charge is 2.15. The first kappa shape index (κ1) is 17.6. The average Bonchev–Trinajstić information content (AvgIpc) is 2.65. The van der Waals surface area contributed by atoms with Crippen LogP contribution in [0.25, 0.3) is 0 Å². The molecule has 5 nitrogen and oxygen atoms in total. The van der Waals surface area contributed by atoms with E-state index >= 15 is 0 Å². The van der Waals surface area contributed by atoms with E-state index in [1.54, 1.807) is 24.3 Å². The van der Waals surface area contributed by atoms with E-state index in [1.807, 2.05) is 30.3 Å². The molecule has 0 bridgehead atoms. The Hall–Kier alpha value is -3.19. The van der Waals surface area contributed by atoms with Crippen LogP contribution in [0, 0.1) is 15.9 Å². The van der Waals surface area contributed by atoms with Crippen molar-refractivity contribution in [3.8, 4) is 0 Å². The topological polar surface area (TPSA) is 67.5 Å². The molecule has 7 heteroatoms. The highest BCUT2D eigenvalue weighted by molar-refractivity contribution is 7.99. The molecule has 0 amide bonds. The molecule has 0 aromatic heterocycles. The highest BCUT2D eigenvalue weighted by Crippen LogP contribution is 2.35. The third-order valence-electron chi connectivity index (χ3n) is 3.40. The normalized spacial score (nSPS) is 10.8. The fraction of sp³-hybridized carbons (Fsp3) is 0. The standard InChI is InChI=1S/C19H14FN3O2S/c20-15-7-9-17(10-8-15)26-19-11-6-14(12-18(19)23(24)25)13-21-22-16-4-2-1-3-5-16/h1-13,22H. The molecule has 0 saturated heterocycles. The SMILES string of the molecule is O=[N+]([O-])c1cc(C=NNc2ccccc2)ccc1Sc1ccc(F)cc1. The monoisotopic (exact) mass is 367 g/mol. The van der Waals surface area contributed by atoms with Crippen molar-refractivity contribution < 1.29 is 9.31 Å². The van der Waals surface area contributed by atoms with Crippen molar-refractivity contribution in [2.45, 2.75) is 9.79 Å². The molecular weight excluding hydrogens is 353 g/mol. The predicted octanol–water partition coefficient (Wildman–Crippen LogP) is 5.33. The van der Waals surface area contributed by atoms with Gasteiger partial charge in [-0.1, -0.05) is 36.0 Å². The third kappa shape index (κ3) is 4.67. The van der Waals surface area contributed by atoms with Crippen molar-refractivity contribution in [3.05, 3.63) is 94.3 Å². The van der Waals surface area contributed by atoms with Crippen LogP contribution < -0.4 is 5.43 Å². The molecule has 26 heavy (non-hydrogen) atoms. The summed E-state index contributed by atoms with van der Waals surface area (Å²) in [5, 5.41) is 15.5. The summed E-state index contributed by atoms with van der Waals surface area (Å²) < 4.78 is 13.0. The number of anilines is 1. The first-order valence-electron chi connectivity index (χ1n) is 7.68. The molecule has 0 atom stereocenters. The second-order valence-electron chi connectivity index (χ2n) is 5.28. The largest absolute Gasteiger partial charge is 0.283 e. The molecule has 0 radical (unpaired) electrons. The number of nitro groups is 1. The summed E-state index contributed by atoms with van der Waals surface area (Å²) >= 11 is 1.21. The van der Waals surface area contributed by atoms with E-state index in [9.17, 15) is 14.5 Å². The quantitative estimate of drug-likeness (QED) is 0.363. The fourth-order valence-corrected chi connectivity index (χ4v) is 3.07. The van der Waals surface area contributed by atoms with Crippen LogP contribution in [0.5, 0.6) is 0 Å². The minimum absolute atomic E-state index is 0.0250. The Morgan fingerprint density at radius 2 is 1.77 bits per heavy atom. The average molecular weight is 367 g/mol. The molecule has 0 aliphatic rings. The zero-order valence-corrected chi connectivity index (χ0v) is 14.3. The Kier molecular flexibility index (Phi) is 5.60. The summed E-state index contributed by atoms with van der Waals surface area (Å²) in [5.41, 5.74) is 4.26. The second kappa shape index (κ2) is 8.26. The second-order valence-corrected chi connectivity index (χ2v) is 6.39. The summed E-state index contributed by atoms with van der Waals surface area (Å²) in [4.78, 5) is 12.2. The fourth-order valence-electron chi connectivity index (χ4n) is 2.17. The molecule has 3 aromatic rings. The van der Waals surface area contributed by atoms with Gasteiger partial charge in [0.25, 0.3) is 5.69 Å². The van der Waals surface area contributed by atoms with Crippen molar-refractivity contribution >= 4 is 29.4 Å². The van der Waals surface area contributed by atoms with Gasteiger partial charge in [-0.2, -0.15) is 5.10 Å². The molecule has 0 heterocycles. The summed E-state index contributed by atoms with van der Waals surface area (Å²) in [6.07, 6.45) is 1.52. The molecule has 0 aliphatic carbocycles. The van der Waals surface area contributed by atoms with Crippen LogP contribution in [-0.4, -0.2) is 11.1 Å². The maximum Gasteiger partial charge on any atom is 0.283 e. The molecule has 0 saturated carbocycles. The maximum atomic E-state index is 13.0. The molecule has 130 valence electrons. The van der Waals surface area contributed by atoms with E-state index in [4.69, 9.17) is 0 Å². The number of nitro benzene ring substituents is 1. The van der Waals surface area contributed by atoms with Gasteiger partial charge in [-0.3, -0.25) is 15.5 Å². The lowest BCUT2D eigenvalue weighted by molar-refractivity contribution is -0.387. The molecule has 0 unspecified atom stereocenters. The molecule has 0 aliphatic heterocycles. The first-order chi connectivity index (χ1) is 12.6. The lowest BCUT2D eigenvalue weighted by Gasteiger charge is -2.04. The molecule has 0 spiro atoms.